The van der Waals surface area contributed by atoms with Crippen LogP contribution in [-0.4, -0.2) is 5.33 Å². The number of hydrogen-bond acceptors (Lipinski definition) is 0. The Morgan fingerprint density at radius 1 is 1.31 bits per heavy atom. The van der Waals surface area contributed by atoms with Crippen molar-refractivity contribution in [1.29, 1.82) is 0 Å². The Balaban J connectivity index is 2.21. The highest BCUT2D eigenvalue weighted by molar-refractivity contribution is 9.09. The highest BCUT2D eigenvalue weighted by atomic mass is 79.9. The lowest BCUT2D eigenvalue weighted by atomic mass is 9.80. The van der Waals surface area contributed by atoms with E-state index in [9.17, 15) is 0 Å². The minimum Gasteiger partial charge on any atom is -0.0922 e. The van der Waals surface area contributed by atoms with Gasteiger partial charge in [0.1, 0.15) is 0 Å². The first kappa shape index (κ1) is 12.2. The maximum absolute atomic E-state index is 3.71. The molecule has 0 bridgehead atoms. The van der Waals surface area contributed by atoms with Crippen molar-refractivity contribution in [2.75, 3.05) is 5.33 Å². The Kier molecular flexibility index (Phi) is 3.44. The molecule has 0 radical (unpaired) electrons. The van der Waals surface area contributed by atoms with Gasteiger partial charge >= 0.3 is 0 Å². The summed E-state index contributed by atoms with van der Waals surface area (Å²) in [6.07, 6.45) is 4.07. The van der Waals surface area contributed by atoms with Gasteiger partial charge < -0.3 is 0 Å². The molecule has 1 aromatic carbocycles. The minimum absolute atomic E-state index is 0.457. The van der Waals surface area contributed by atoms with Crippen molar-refractivity contribution in [3.05, 3.63) is 34.9 Å². The van der Waals surface area contributed by atoms with E-state index in [1.54, 1.807) is 0 Å². The van der Waals surface area contributed by atoms with Crippen LogP contribution in [0.1, 0.15) is 36.5 Å². The van der Waals surface area contributed by atoms with E-state index in [4.69, 9.17) is 0 Å². The smallest absolute Gasteiger partial charge is 0.00911 e. The van der Waals surface area contributed by atoms with Crippen molar-refractivity contribution in [1.82, 2.24) is 0 Å². The van der Waals surface area contributed by atoms with Crippen LogP contribution in [0.25, 0.3) is 0 Å². The van der Waals surface area contributed by atoms with E-state index < -0.39 is 0 Å². The number of alkyl halides is 1. The summed E-state index contributed by atoms with van der Waals surface area (Å²) in [5, 5.41) is 1.12. The molecule has 2 rings (SSSR count). The Labute approximate surface area is 108 Å². The van der Waals surface area contributed by atoms with Gasteiger partial charge in [0.15, 0.2) is 0 Å². The van der Waals surface area contributed by atoms with Gasteiger partial charge in [-0.05, 0) is 55.6 Å². The van der Waals surface area contributed by atoms with Crippen LogP contribution in [0.3, 0.4) is 0 Å². The van der Waals surface area contributed by atoms with E-state index in [1.165, 1.54) is 36.0 Å². The molecule has 1 aromatic rings. The highest BCUT2D eigenvalue weighted by Crippen LogP contribution is 2.48. The van der Waals surface area contributed by atoms with Crippen molar-refractivity contribution < 1.29 is 0 Å². The summed E-state index contributed by atoms with van der Waals surface area (Å²) in [5.41, 5.74) is 4.82. The summed E-state index contributed by atoms with van der Waals surface area (Å²) < 4.78 is 0. The molecule has 16 heavy (non-hydrogen) atoms. The third-order valence-corrected chi connectivity index (χ3v) is 5.25. The van der Waals surface area contributed by atoms with Crippen molar-refractivity contribution in [2.45, 2.75) is 40.0 Å². The summed E-state index contributed by atoms with van der Waals surface area (Å²) in [6, 6.07) is 6.83. The molecule has 0 amide bonds. The predicted octanol–water partition coefficient (Wildman–Crippen LogP) is 4.66. The Morgan fingerprint density at radius 3 is 2.56 bits per heavy atom. The maximum atomic E-state index is 3.71. The quantitative estimate of drug-likeness (QED) is 0.704. The minimum atomic E-state index is 0.457. The van der Waals surface area contributed by atoms with Crippen molar-refractivity contribution in [2.24, 2.45) is 11.3 Å². The monoisotopic (exact) mass is 280 g/mol. The van der Waals surface area contributed by atoms with Crippen LogP contribution in [0.4, 0.5) is 0 Å². The van der Waals surface area contributed by atoms with Gasteiger partial charge in [-0.2, -0.15) is 0 Å². The van der Waals surface area contributed by atoms with Crippen molar-refractivity contribution in [3.63, 3.8) is 0 Å². The molecule has 1 saturated carbocycles. The lowest BCUT2D eigenvalue weighted by Crippen LogP contribution is -2.24. The van der Waals surface area contributed by atoms with E-state index in [0.717, 1.165) is 11.2 Å². The van der Waals surface area contributed by atoms with Gasteiger partial charge in [0.25, 0.3) is 0 Å². The molecule has 1 fully saturated rings. The van der Waals surface area contributed by atoms with Gasteiger partial charge in [-0.1, -0.05) is 46.6 Å². The molecule has 1 aliphatic rings. The molecule has 1 heteroatoms. The molecule has 1 aliphatic carbocycles. The van der Waals surface area contributed by atoms with E-state index in [-0.39, 0.29) is 0 Å². The summed E-state index contributed by atoms with van der Waals surface area (Å²) in [4.78, 5) is 0. The van der Waals surface area contributed by atoms with Crippen LogP contribution in [-0.2, 0) is 6.42 Å². The molecule has 0 aromatic heterocycles. The lowest BCUT2D eigenvalue weighted by molar-refractivity contribution is 0.318. The SMILES string of the molecule is Cc1ccc(C)c(CC(C)(CBr)C2CC2)c1. The third-order valence-electron chi connectivity index (χ3n) is 3.97. The number of halogens is 1. The van der Waals surface area contributed by atoms with Gasteiger partial charge in [0.2, 0.25) is 0 Å². The number of benzene rings is 1. The second kappa shape index (κ2) is 4.52. The molecule has 0 N–H and O–H groups in total. The van der Waals surface area contributed by atoms with Crippen LogP contribution in [0.2, 0.25) is 0 Å². The Bertz CT molecular complexity index is 379. The maximum Gasteiger partial charge on any atom is 0.00911 e. The molecule has 1 unspecified atom stereocenters. The average molecular weight is 281 g/mol. The number of aryl methyl sites for hydroxylation is 2. The molecule has 88 valence electrons. The van der Waals surface area contributed by atoms with Crippen LogP contribution < -0.4 is 0 Å². The highest BCUT2D eigenvalue weighted by Gasteiger charge is 2.40. The fourth-order valence-electron chi connectivity index (χ4n) is 2.51. The van der Waals surface area contributed by atoms with Gasteiger partial charge in [-0.3, -0.25) is 0 Å². The zero-order valence-electron chi connectivity index (χ0n) is 10.5. The predicted molar refractivity (Wildman–Crippen MR) is 74.2 cm³/mol. The Morgan fingerprint density at radius 2 is 2.00 bits per heavy atom. The summed E-state index contributed by atoms with van der Waals surface area (Å²) in [6.45, 7) is 6.85. The fourth-order valence-corrected chi connectivity index (χ4v) is 3.16. The van der Waals surface area contributed by atoms with Gasteiger partial charge in [-0.25, -0.2) is 0 Å². The van der Waals surface area contributed by atoms with E-state index in [1.807, 2.05) is 0 Å². The van der Waals surface area contributed by atoms with E-state index in [0.29, 0.717) is 5.41 Å². The summed E-state index contributed by atoms with van der Waals surface area (Å²) in [5.74, 6) is 0.937. The van der Waals surface area contributed by atoms with Crippen LogP contribution in [0, 0.1) is 25.2 Å². The second-order valence-corrected chi connectivity index (χ2v) is 6.23. The van der Waals surface area contributed by atoms with Gasteiger partial charge in [0, 0.05) is 5.33 Å². The first-order chi connectivity index (χ1) is 7.55. The standard InChI is InChI=1S/C15H21Br/c1-11-4-5-12(2)13(8-11)9-15(3,10-16)14-6-7-14/h4-5,8,14H,6-7,9-10H2,1-3H3. The average Bonchev–Trinajstić information content (AvgIpc) is 3.07. The molecule has 0 nitrogen and oxygen atoms in total. The number of rotatable bonds is 4. The first-order valence-corrected chi connectivity index (χ1v) is 7.29. The lowest BCUT2D eigenvalue weighted by Gasteiger charge is -2.28. The van der Waals surface area contributed by atoms with E-state index >= 15 is 0 Å². The summed E-state index contributed by atoms with van der Waals surface area (Å²) in [7, 11) is 0. The molecule has 1 atom stereocenters. The zero-order valence-corrected chi connectivity index (χ0v) is 12.1. The molecule has 0 aliphatic heterocycles. The molecule has 0 heterocycles. The summed E-state index contributed by atoms with van der Waals surface area (Å²) >= 11 is 3.71. The van der Waals surface area contributed by atoms with Gasteiger partial charge in [-0.15, -0.1) is 0 Å². The Hall–Kier alpha value is -0.300. The topological polar surface area (TPSA) is 0 Å². The van der Waals surface area contributed by atoms with Gasteiger partial charge in [0.05, 0.1) is 0 Å². The third kappa shape index (κ3) is 2.51. The molecule has 0 saturated heterocycles. The normalized spacial score (nSPS) is 19.5. The van der Waals surface area contributed by atoms with Crippen LogP contribution in [0.5, 0.6) is 0 Å². The van der Waals surface area contributed by atoms with Crippen molar-refractivity contribution >= 4 is 15.9 Å². The fraction of sp³-hybridized carbons (Fsp3) is 0.600. The molecular weight excluding hydrogens is 260 g/mol. The second-order valence-electron chi connectivity index (χ2n) is 5.67. The first-order valence-electron chi connectivity index (χ1n) is 6.17. The molecule has 0 spiro atoms. The van der Waals surface area contributed by atoms with E-state index in [2.05, 4.69) is 54.9 Å². The zero-order chi connectivity index (χ0) is 11.8. The van der Waals surface area contributed by atoms with Crippen LogP contribution in [0.15, 0.2) is 18.2 Å². The molecular formula is C15H21Br. The van der Waals surface area contributed by atoms with Crippen molar-refractivity contribution in [3.8, 4) is 0 Å². The number of hydrogen-bond donors (Lipinski definition) is 0. The largest absolute Gasteiger partial charge is 0.0922 e. The van der Waals surface area contributed by atoms with Crippen LogP contribution >= 0.6 is 15.9 Å².